The molecule has 0 bridgehead atoms. The van der Waals surface area contributed by atoms with E-state index in [4.69, 9.17) is 4.42 Å². The second-order valence-electron chi connectivity index (χ2n) is 12.9. The van der Waals surface area contributed by atoms with Gasteiger partial charge in [0.05, 0.1) is 22.4 Å². The molecule has 0 saturated heterocycles. The molecule has 51 heavy (non-hydrogen) atoms. The van der Waals surface area contributed by atoms with Gasteiger partial charge < -0.3 is 13.9 Å². The molecule has 2 aromatic heterocycles. The van der Waals surface area contributed by atoms with E-state index in [1.807, 2.05) is 12.1 Å². The quantitative estimate of drug-likeness (QED) is 0.178. The number of furan rings is 1. The number of fused-ring (bicyclic) bond motifs is 6. The molecule has 0 radical (unpaired) electrons. The van der Waals surface area contributed by atoms with Crippen LogP contribution >= 0.6 is 0 Å². The Kier molecular flexibility index (Phi) is 6.81. The number of anilines is 3. The van der Waals surface area contributed by atoms with Crippen LogP contribution in [0.4, 0.5) is 17.1 Å². The maximum Gasteiger partial charge on any atom is 0.159 e. The average Bonchev–Trinajstić information content (AvgIpc) is 3.75. The maximum atomic E-state index is 6.50. The number of hydrogen-bond acceptors (Lipinski definition) is 2. The molecule has 0 atom stereocenters. The largest absolute Gasteiger partial charge is 0.454 e. The summed E-state index contributed by atoms with van der Waals surface area (Å²) in [5, 5.41) is 4.70. The second kappa shape index (κ2) is 11.9. The Morgan fingerprint density at radius 3 is 1.76 bits per heavy atom. The number of rotatable bonds is 6. The van der Waals surface area contributed by atoms with Crippen LogP contribution < -0.4 is 4.90 Å². The molecule has 10 aromatic rings. The number of hydrogen-bond donors (Lipinski definition) is 0. The Hall–Kier alpha value is -6.84. The molecular weight excluding hydrogens is 621 g/mol. The van der Waals surface area contributed by atoms with Crippen LogP contribution in [-0.4, -0.2) is 4.57 Å². The van der Waals surface area contributed by atoms with Gasteiger partial charge in [-0.3, -0.25) is 0 Å². The molecule has 0 aliphatic carbocycles. The van der Waals surface area contributed by atoms with Crippen molar-refractivity contribution >= 4 is 60.8 Å². The normalized spacial score (nSPS) is 11.5. The molecule has 0 N–H and O–H groups in total. The van der Waals surface area contributed by atoms with Crippen molar-refractivity contribution in [2.45, 2.75) is 0 Å². The van der Waals surface area contributed by atoms with Crippen LogP contribution in [0, 0.1) is 0 Å². The lowest BCUT2D eigenvalue weighted by atomic mass is 9.97. The molecule has 3 nitrogen and oxygen atoms in total. The van der Waals surface area contributed by atoms with Crippen molar-refractivity contribution in [3.05, 3.63) is 194 Å². The molecule has 0 aliphatic heterocycles. The van der Waals surface area contributed by atoms with Gasteiger partial charge >= 0.3 is 0 Å². The molecule has 2 heterocycles. The van der Waals surface area contributed by atoms with Gasteiger partial charge in [-0.2, -0.15) is 0 Å². The minimum absolute atomic E-state index is 0.902. The van der Waals surface area contributed by atoms with E-state index in [1.54, 1.807) is 0 Å². The van der Waals surface area contributed by atoms with Gasteiger partial charge in [0.2, 0.25) is 0 Å². The van der Waals surface area contributed by atoms with E-state index in [9.17, 15) is 0 Å². The summed E-state index contributed by atoms with van der Waals surface area (Å²) >= 11 is 0. The summed E-state index contributed by atoms with van der Waals surface area (Å²) in [7, 11) is 0. The van der Waals surface area contributed by atoms with Crippen molar-refractivity contribution in [1.29, 1.82) is 0 Å². The van der Waals surface area contributed by atoms with Crippen LogP contribution in [0.2, 0.25) is 0 Å². The number of nitrogens with zero attached hydrogens (tertiary/aromatic N) is 2. The van der Waals surface area contributed by atoms with E-state index >= 15 is 0 Å². The molecule has 8 aromatic carbocycles. The third-order valence-electron chi connectivity index (χ3n) is 10.00. The van der Waals surface area contributed by atoms with Crippen molar-refractivity contribution in [1.82, 2.24) is 4.57 Å². The van der Waals surface area contributed by atoms with Gasteiger partial charge in [-0.1, -0.05) is 133 Å². The summed E-state index contributed by atoms with van der Waals surface area (Å²) in [5.41, 5.74) is 13.3. The molecule has 0 fully saturated rings. The molecule has 0 unspecified atom stereocenters. The fourth-order valence-corrected chi connectivity index (χ4v) is 7.66. The Morgan fingerprint density at radius 1 is 0.392 bits per heavy atom. The minimum atomic E-state index is 0.902. The van der Waals surface area contributed by atoms with E-state index < -0.39 is 0 Å². The third kappa shape index (κ3) is 4.82. The summed E-state index contributed by atoms with van der Waals surface area (Å²) in [6, 6.07) is 69.0. The summed E-state index contributed by atoms with van der Waals surface area (Å²) in [4.78, 5) is 2.33. The lowest BCUT2D eigenvalue weighted by Gasteiger charge is -2.27. The predicted molar refractivity (Wildman–Crippen MR) is 214 cm³/mol. The molecule has 3 heteroatoms. The summed E-state index contributed by atoms with van der Waals surface area (Å²) in [6.45, 7) is 0. The highest BCUT2D eigenvalue weighted by Crippen LogP contribution is 2.42. The summed E-state index contributed by atoms with van der Waals surface area (Å²) in [6.07, 6.45) is 0. The van der Waals surface area contributed by atoms with Gasteiger partial charge in [0.25, 0.3) is 0 Å². The lowest BCUT2D eigenvalue weighted by Crippen LogP contribution is -2.10. The van der Waals surface area contributed by atoms with Crippen LogP contribution in [-0.2, 0) is 0 Å². The maximum absolute atomic E-state index is 6.50. The number of para-hydroxylation sites is 6. The molecule has 10 rings (SSSR count). The highest BCUT2D eigenvalue weighted by atomic mass is 16.3. The SMILES string of the molecule is c1ccc(N(c2ccccc2)c2ccccc2-c2ccc(-c3ccc4c(c3)c3ccccc3n4-c3cccc4c3oc3ccccc34)cc2)cc1. The smallest absolute Gasteiger partial charge is 0.159 e. The zero-order chi connectivity index (χ0) is 33.7. The van der Waals surface area contributed by atoms with Crippen LogP contribution in [0.3, 0.4) is 0 Å². The first-order valence-corrected chi connectivity index (χ1v) is 17.4. The van der Waals surface area contributed by atoms with E-state index in [-0.39, 0.29) is 0 Å². The Balaban J connectivity index is 1.07. The van der Waals surface area contributed by atoms with Crippen LogP contribution in [0.25, 0.3) is 71.7 Å². The molecule has 0 saturated carbocycles. The second-order valence-corrected chi connectivity index (χ2v) is 12.9. The molecule has 0 spiro atoms. The van der Waals surface area contributed by atoms with Gasteiger partial charge in [0.1, 0.15) is 5.58 Å². The number of benzene rings is 8. The lowest BCUT2D eigenvalue weighted by molar-refractivity contribution is 0.666. The van der Waals surface area contributed by atoms with Crippen molar-refractivity contribution in [3.8, 4) is 27.9 Å². The van der Waals surface area contributed by atoms with E-state index in [1.165, 1.54) is 33.0 Å². The fourth-order valence-electron chi connectivity index (χ4n) is 7.66. The molecular formula is C48H32N2O. The van der Waals surface area contributed by atoms with Gasteiger partial charge in [-0.05, 0) is 77.4 Å². The Labute approximate surface area is 295 Å². The topological polar surface area (TPSA) is 21.3 Å². The monoisotopic (exact) mass is 652 g/mol. The minimum Gasteiger partial charge on any atom is -0.454 e. The predicted octanol–water partition coefficient (Wildman–Crippen LogP) is 13.5. The fraction of sp³-hybridized carbons (Fsp3) is 0. The van der Waals surface area contributed by atoms with Crippen molar-refractivity contribution in [2.75, 3.05) is 4.90 Å². The molecule has 0 aliphatic rings. The van der Waals surface area contributed by atoms with Crippen LogP contribution in [0.5, 0.6) is 0 Å². The Morgan fingerprint density at radius 2 is 0.980 bits per heavy atom. The highest BCUT2D eigenvalue weighted by Gasteiger charge is 2.19. The van der Waals surface area contributed by atoms with E-state index in [0.29, 0.717) is 0 Å². The van der Waals surface area contributed by atoms with Crippen molar-refractivity contribution in [3.63, 3.8) is 0 Å². The summed E-state index contributed by atoms with van der Waals surface area (Å²) in [5.74, 6) is 0. The number of aromatic nitrogens is 1. The van der Waals surface area contributed by atoms with Crippen LogP contribution in [0.15, 0.2) is 199 Å². The zero-order valence-corrected chi connectivity index (χ0v) is 27.8. The Bertz CT molecular complexity index is 2810. The highest BCUT2D eigenvalue weighted by molar-refractivity contribution is 6.13. The first-order chi connectivity index (χ1) is 25.3. The van der Waals surface area contributed by atoms with Gasteiger partial charge in [0, 0.05) is 38.5 Å². The van der Waals surface area contributed by atoms with Gasteiger partial charge in [-0.15, -0.1) is 0 Å². The van der Waals surface area contributed by atoms with Gasteiger partial charge in [0.15, 0.2) is 5.58 Å². The van der Waals surface area contributed by atoms with Gasteiger partial charge in [-0.25, -0.2) is 0 Å². The zero-order valence-electron chi connectivity index (χ0n) is 27.8. The first kappa shape index (κ1) is 29.1. The van der Waals surface area contributed by atoms with E-state index in [0.717, 1.165) is 55.7 Å². The standard InChI is InChI=1S/C48H32N2O/c1-3-14-36(15-4-1)49(37-16-5-2-6-17-37)43-22-10-7-18-38(43)34-28-26-33(27-29-34)35-30-31-45-42(32-35)39-19-8-11-23-44(39)50(45)46-24-13-21-41-40-20-9-12-25-47(40)51-48(41)46/h1-32H. The molecule has 240 valence electrons. The molecule has 0 amide bonds. The average molecular weight is 653 g/mol. The van der Waals surface area contributed by atoms with Crippen molar-refractivity contribution < 1.29 is 4.42 Å². The first-order valence-electron chi connectivity index (χ1n) is 17.4. The van der Waals surface area contributed by atoms with Crippen molar-refractivity contribution in [2.24, 2.45) is 0 Å². The van der Waals surface area contributed by atoms with Crippen LogP contribution in [0.1, 0.15) is 0 Å². The van der Waals surface area contributed by atoms with E-state index in [2.05, 4.69) is 191 Å². The summed E-state index contributed by atoms with van der Waals surface area (Å²) < 4.78 is 8.85. The third-order valence-corrected chi connectivity index (χ3v) is 10.00.